The SMILES string of the molecule is CC=C(Cc1ccc(C#N)cc1)OCCCS. The summed E-state index contributed by atoms with van der Waals surface area (Å²) in [4.78, 5) is 0. The molecule has 0 bridgehead atoms. The number of ether oxygens (including phenoxy) is 1. The third-order valence-corrected chi connectivity index (χ3v) is 2.69. The number of hydrogen-bond donors (Lipinski definition) is 1. The number of nitrogens with zero attached hydrogens (tertiary/aromatic N) is 1. The van der Waals surface area contributed by atoms with Crippen LogP contribution in [0.2, 0.25) is 0 Å². The van der Waals surface area contributed by atoms with Gasteiger partial charge in [-0.3, -0.25) is 0 Å². The second-order valence-corrected chi connectivity index (χ2v) is 4.11. The Hall–Kier alpha value is -1.40. The van der Waals surface area contributed by atoms with Gasteiger partial charge >= 0.3 is 0 Å². The molecule has 0 fully saturated rings. The van der Waals surface area contributed by atoms with Crippen LogP contribution in [-0.2, 0) is 11.2 Å². The predicted molar refractivity (Wildman–Crippen MR) is 73.0 cm³/mol. The molecule has 17 heavy (non-hydrogen) atoms. The van der Waals surface area contributed by atoms with Crippen molar-refractivity contribution in [2.75, 3.05) is 12.4 Å². The molecule has 0 radical (unpaired) electrons. The summed E-state index contributed by atoms with van der Waals surface area (Å²) in [6.07, 6.45) is 3.71. The maximum atomic E-state index is 8.71. The van der Waals surface area contributed by atoms with Crippen LogP contribution < -0.4 is 0 Å². The Morgan fingerprint density at radius 2 is 2.12 bits per heavy atom. The van der Waals surface area contributed by atoms with Crippen molar-refractivity contribution in [2.24, 2.45) is 0 Å². The van der Waals surface area contributed by atoms with Crippen molar-refractivity contribution in [1.29, 1.82) is 5.26 Å². The molecule has 0 heterocycles. The minimum atomic E-state index is 0.687. The van der Waals surface area contributed by atoms with E-state index in [4.69, 9.17) is 10.00 Å². The van der Waals surface area contributed by atoms with E-state index in [1.807, 2.05) is 37.3 Å². The van der Waals surface area contributed by atoms with Crippen molar-refractivity contribution in [2.45, 2.75) is 19.8 Å². The van der Waals surface area contributed by atoms with Crippen LogP contribution in [0.1, 0.15) is 24.5 Å². The van der Waals surface area contributed by atoms with E-state index >= 15 is 0 Å². The van der Waals surface area contributed by atoms with Crippen LogP contribution >= 0.6 is 12.6 Å². The molecule has 0 aromatic heterocycles. The molecule has 1 aromatic rings. The van der Waals surface area contributed by atoms with Crippen LogP contribution in [0.15, 0.2) is 36.1 Å². The first kappa shape index (κ1) is 13.7. The van der Waals surface area contributed by atoms with E-state index in [2.05, 4.69) is 18.7 Å². The standard InChI is InChI=1S/C14H17NOS/c1-2-14(16-8-3-9-17)10-12-4-6-13(11-15)7-5-12/h2,4-7,17H,3,8-10H2,1H3. The van der Waals surface area contributed by atoms with Gasteiger partial charge in [-0.05, 0) is 42.9 Å². The van der Waals surface area contributed by atoms with E-state index in [1.54, 1.807) is 0 Å². The van der Waals surface area contributed by atoms with Crippen LogP contribution in [0.5, 0.6) is 0 Å². The third-order valence-electron chi connectivity index (χ3n) is 2.37. The minimum Gasteiger partial charge on any atom is -0.498 e. The maximum Gasteiger partial charge on any atom is 0.0991 e. The van der Waals surface area contributed by atoms with Crippen molar-refractivity contribution >= 4 is 12.6 Å². The smallest absolute Gasteiger partial charge is 0.0991 e. The summed E-state index contributed by atoms with van der Waals surface area (Å²) in [6, 6.07) is 9.69. The quantitative estimate of drug-likeness (QED) is 0.475. The van der Waals surface area contributed by atoms with Gasteiger partial charge in [0.1, 0.15) is 0 Å². The van der Waals surface area contributed by atoms with Gasteiger partial charge in [0.25, 0.3) is 0 Å². The average Bonchev–Trinajstić information content (AvgIpc) is 2.38. The minimum absolute atomic E-state index is 0.687. The van der Waals surface area contributed by atoms with Gasteiger partial charge in [0.05, 0.1) is 24.0 Å². The highest BCUT2D eigenvalue weighted by Gasteiger charge is 2.00. The molecule has 0 saturated heterocycles. The Morgan fingerprint density at radius 1 is 1.41 bits per heavy atom. The summed E-state index contributed by atoms with van der Waals surface area (Å²) in [5.74, 6) is 1.81. The highest BCUT2D eigenvalue weighted by atomic mass is 32.1. The van der Waals surface area contributed by atoms with Crippen LogP contribution in [0.4, 0.5) is 0 Å². The van der Waals surface area contributed by atoms with Crippen molar-refractivity contribution in [3.8, 4) is 6.07 Å². The molecule has 0 aliphatic heterocycles. The van der Waals surface area contributed by atoms with Crippen LogP contribution in [-0.4, -0.2) is 12.4 Å². The first-order chi connectivity index (χ1) is 8.30. The van der Waals surface area contributed by atoms with E-state index in [0.717, 1.165) is 29.9 Å². The van der Waals surface area contributed by atoms with E-state index < -0.39 is 0 Å². The molecular formula is C14H17NOS. The molecule has 0 N–H and O–H groups in total. The Morgan fingerprint density at radius 3 is 2.65 bits per heavy atom. The topological polar surface area (TPSA) is 33.0 Å². The lowest BCUT2D eigenvalue weighted by atomic mass is 10.1. The van der Waals surface area contributed by atoms with Crippen LogP contribution in [0, 0.1) is 11.3 Å². The highest BCUT2D eigenvalue weighted by Crippen LogP contribution is 2.11. The fourth-order valence-electron chi connectivity index (χ4n) is 1.40. The zero-order chi connectivity index (χ0) is 12.5. The van der Waals surface area contributed by atoms with Crippen molar-refractivity contribution in [3.63, 3.8) is 0 Å². The second kappa shape index (κ2) is 7.81. The molecule has 1 aromatic carbocycles. The van der Waals surface area contributed by atoms with Gasteiger partial charge in [-0.1, -0.05) is 12.1 Å². The molecule has 0 saturated carbocycles. The lowest BCUT2D eigenvalue weighted by molar-refractivity contribution is 0.207. The Kier molecular flexibility index (Phi) is 6.27. The van der Waals surface area contributed by atoms with Gasteiger partial charge in [-0.2, -0.15) is 17.9 Å². The summed E-state index contributed by atoms with van der Waals surface area (Å²) < 4.78 is 5.64. The normalized spacial score (nSPS) is 11.0. The summed E-state index contributed by atoms with van der Waals surface area (Å²) in [5, 5.41) is 8.71. The zero-order valence-corrected chi connectivity index (χ0v) is 10.9. The van der Waals surface area contributed by atoms with Crippen molar-refractivity contribution < 1.29 is 4.74 Å². The zero-order valence-electron chi connectivity index (χ0n) is 10.0. The molecule has 3 heteroatoms. The van der Waals surface area contributed by atoms with Gasteiger partial charge < -0.3 is 4.74 Å². The van der Waals surface area contributed by atoms with Gasteiger partial charge in [0.15, 0.2) is 0 Å². The van der Waals surface area contributed by atoms with Gasteiger partial charge in [-0.25, -0.2) is 0 Å². The molecule has 1 rings (SSSR count). The molecule has 0 amide bonds. The first-order valence-electron chi connectivity index (χ1n) is 5.68. The van der Waals surface area contributed by atoms with Crippen LogP contribution in [0.25, 0.3) is 0 Å². The fraction of sp³-hybridized carbons (Fsp3) is 0.357. The van der Waals surface area contributed by atoms with E-state index in [9.17, 15) is 0 Å². The number of allylic oxidation sites excluding steroid dienone is 2. The highest BCUT2D eigenvalue weighted by molar-refractivity contribution is 7.80. The Balaban J connectivity index is 2.53. The number of nitriles is 1. The molecule has 0 spiro atoms. The Labute approximate surface area is 108 Å². The average molecular weight is 247 g/mol. The van der Waals surface area contributed by atoms with E-state index in [0.29, 0.717) is 12.2 Å². The molecule has 0 aliphatic rings. The summed E-state index contributed by atoms with van der Waals surface area (Å²) >= 11 is 4.14. The largest absolute Gasteiger partial charge is 0.498 e. The first-order valence-corrected chi connectivity index (χ1v) is 6.31. The van der Waals surface area contributed by atoms with Crippen molar-refractivity contribution in [3.05, 3.63) is 47.2 Å². The lowest BCUT2D eigenvalue weighted by Gasteiger charge is -2.09. The lowest BCUT2D eigenvalue weighted by Crippen LogP contribution is -1.99. The summed E-state index contributed by atoms with van der Waals surface area (Å²) in [7, 11) is 0. The van der Waals surface area contributed by atoms with Gasteiger partial charge in [-0.15, -0.1) is 0 Å². The van der Waals surface area contributed by atoms with Gasteiger partial charge in [0.2, 0.25) is 0 Å². The third kappa shape index (κ3) is 4.97. The number of rotatable bonds is 6. The monoisotopic (exact) mass is 247 g/mol. The number of thiol groups is 1. The van der Waals surface area contributed by atoms with Gasteiger partial charge in [0, 0.05) is 6.42 Å². The van der Waals surface area contributed by atoms with Crippen LogP contribution in [0.3, 0.4) is 0 Å². The van der Waals surface area contributed by atoms with Crippen molar-refractivity contribution in [1.82, 2.24) is 0 Å². The molecular weight excluding hydrogens is 230 g/mol. The number of hydrogen-bond acceptors (Lipinski definition) is 3. The predicted octanol–water partition coefficient (Wildman–Crippen LogP) is 3.34. The molecule has 0 aliphatic carbocycles. The Bertz CT molecular complexity index is 403. The fourth-order valence-corrected chi connectivity index (χ4v) is 1.53. The molecule has 90 valence electrons. The summed E-state index contributed by atoms with van der Waals surface area (Å²) in [5.41, 5.74) is 1.84. The van der Waals surface area contributed by atoms with E-state index in [-0.39, 0.29) is 0 Å². The molecule has 0 atom stereocenters. The molecule has 2 nitrogen and oxygen atoms in total. The second-order valence-electron chi connectivity index (χ2n) is 3.67. The molecule has 0 unspecified atom stereocenters. The number of benzene rings is 1. The summed E-state index contributed by atoms with van der Waals surface area (Å²) in [6.45, 7) is 2.68. The van der Waals surface area contributed by atoms with E-state index in [1.165, 1.54) is 0 Å². The maximum absolute atomic E-state index is 8.71.